The standard InChI is InChI=1S/C23H25FN6/c1-14-12-18-20(27-14)25-13-26-21(18)30-10-8-23(3,9-11-30)22-28-15(2)19(29-22)16-4-6-17(24)7-5-16/h4-7,12-13H,8-11H2,1-3H3,(H,28,29)(H,25,26,27). The first-order valence-electron chi connectivity index (χ1n) is 10.3. The minimum absolute atomic E-state index is 0.0419. The van der Waals surface area contributed by atoms with Gasteiger partial charge in [-0.1, -0.05) is 6.92 Å². The molecule has 4 heterocycles. The maximum atomic E-state index is 13.3. The molecule has 4 aromatic rings. The topological polar surface area (TPSA) is 73.5 Å². The summed E-state index contributed by atoms with van der Waals surface area (Å²) in [6, 6.07) is 8.64. The highest BCUT2D eigenvalue weighted by Crippen LogP contribution is 2.37. The summed E-state index contributed by atoms with van der Waals surface area (Å²) in [4.78, 5) is 23.0. The van der Waals surface area contributed by atoms with Gasteiger partial charge in [0.05, 0.1) is 11.1 Å². The fourth-order valence-corrected chi connectivity index (χ4v) is 4.39. The molecule has 1 aromatic carbocycles. The third kappa shape index (κ3) is 3.14. The zero-order valence-corrected chi connectivity index (χ0v) is 17.5. The third-order valence-electron chi connectivity index (χ3n) is 6.28. The molecule has 5 rings (SSSR count). The Kier molecular flexibility index (Phi) is 4.34. The first kappa shape index (κ1) is 18.8. The number of nitrogens with one attached hydrogen (secondary N) is 2. The monoisotopic (exact) mass is 404 g/mol. The maximum absolute atomic E-state index is 13.3. The molecule has 154 valence electrons. The van der Waals surface area contributed by atoms with Crippen molar-refractivity contribution in [1.82, 2.24) is 24.9 Å². The minimum atomic E-state index is -0.233. The number of aryl methyl sites for hydroxylation is 2. The molecule has 0 spiro atoms. The Morgan fingerprint density at radius 3 is 2.50 bits per heavy atom. The number of rotatable bonds is 3. The van der Waals surface area contributed by atoms with Crippen LogP contribution in [0.25, 0.3) is 22.3 Å². The highest BCUT2D eigenvalue weighted by molar-refractivity contribution is 5.88. The highest BCUT2D eigenvalue weighted by atomic mass is 19.1. The normalized spacial score (nSPS) is 16.3. The zero-order chi connectivity index (χ0) is 20.9. The van der Waals surface area contributed by atoms with Crippen molar-refractivity contribution in [1.29, 1.82) is 0 Å². The summed E-state index contributed by atoms with van der Waals surface area (Å²) >= 11 is 0. The number of benzene rings is 1. The van der Waals surface area contributed by atoms with Gasteiger partial charge in [0.2, 0.25) is 0 Å². The Morgan fingerprint density at radius 1 is 1.03 bits per heavy atom. The number of halogens is 1. The second kappa shape index (κ2) is 6.93. The number of imidazole rings is 1. The third-order valence-corrected chi connectivity index (χ3v) is 6.28. The van der Waals surface area contributed by atoms with E-state index in [9.17, 15) is 4.39 Å². The fraction of sp³-hybridized carbons (Fsp3) is 0.348. The molecular weight excluding hydrogens is 379 g/mol. The lowest BCUT2D eigenvalue weighted by atomic mass is 9.79. The fourth-order valence-electron chi connectivity index (χ4n) is 4.39. The molecule has 1 aliphatic rings. The summed E-state index contributed by atoms with van der Waals surface area (Å²) in [6.45, 7) is 8.14. The van der Waals surface area contributed by atoms with Gasteiger partial charge in [-0.15, -0.1) is 0 Å². The molecule has 6 nitrogen and oxygen atoms in total. The largest absolute Gasteiger partial charge is 0.356 e. The summed E-state index contributed by atoms with van der Waals surface area (Å²) in [6.07, 6.45) is 3.57. The molecule has 7 heteroatoms. The van der Waals surface area contributed by atoms with Crippen molar-refractivity contribution in [2.45, 2.75) is 39.0 Å². The summed E-state index contributed by atoms with van der Waals surface area (Å²) in [5, 5.41) is 1.08. The van der Waals surface area contributed by atoms with Crippen molar-refractivity contribution >= 4 is 16.9 Å². The molecule has 2 N–H and O–H groups in total. The number of nitrogens with zero attached hydrogens (tertiary/aromatic N) is 4. The van der Waals surface area contributed by atoms with E-state index in [1.165, 1.54) is 12.1 Å². The molecule has 0 atom stereocenters. The van der Waals surface area contributed by atoms with Crippen LogP contribution in [0.3, 0.4) is 0 Å². The van der Waals surface area contributed by atoms with E-state index in [2.05, 4.69) is 37.8 Å². The van der Waals surface area contributed by atoms with Crippen LogP contribution >= 0.6 is 0 Å². The van der Waals surface area contributed by atoms with Crippen LogP contribution in [0, 0.1) is 19.7 Å². The quantitative estimate of drug-likeness (QED) is 0.521. The first-order valence-corrected chi connectivity index (χ1v) is 10.3. The lowest BCUT2D eigenvalue weighted by Gasteiger charge is -2.38. The van der Waals surface area contributed by atoms with Crippen molar-refractivity contribution in [2.75, 3.05) is 18.0 Å². The van der Waals surface area contributed by atoms with Crippen molar-refractivity contribution in [3.05, 3.63) is 59.7 Å². The Morgan fingerprint density at radius 2 is 1.77 bits per heavy atom. The number of H-pyrrole nitrogens is 2. The Balaban J connectivity index is 1.39. The van der Waals surface area contributed by atoms with Gasteiger partial charge in [0.25, 0.3) is 0 Å². The van der Waals surface area contributed by atoms with Crippen molar-refractivity contribution in [2.24, 2.45) is 0 Å². The number of hydrogen-bond acceptors (Lipinski definition) is 4. The summed E-state index contributed by atoms with van der Waals surface area (Å²) < 4.78 is 13.3. The molecular formula is C23H25FN6. The molecule has 0 unspecified atom stereocenters. The zero-order valence-electron chi connectivity index (χ0n) is 17.5. The lowest BCUT2D eigenvalue weighted by molar-refractivity contribution is 0.345. The van der Waals surface area contributed by atoms with Crippen molar-refractivity contribution in [3.8, 4) is 11.3 Å². The molecule has 3 aromatic heterocycles. The van der Waals surface area contributed by atoms with E-state index >= 15 is 0 Å². The van der Waals surface area contributed by atoms with Gasteiger partial charge in [0, 0.05) is 35.5 Å². The van der Waals surface area contributed by atoms with E-state index in [0.29, 0.717) is 0 Å². The number of anilines is 1. The van der Waals surface area contributed by atoms with Gasteiger partial charge in [0.1, 0.15) is 29.4 Å². The number of piperidine rings is 1. The van der Waals surface area contributed by atoms with Crippen molar-refractivity contribution < 1.29 is 4.39 Å². The van der Waals surface area contributed by atoms with Crippen LogP contribution in [0.5, 0.6) is 0 Å². The van der Waals surface area contributed by atoms with Gasteiger partial charge in [-0.05, 0) is 57.0 Å². The van der Waals surface area contributed by atoms with E-state index in [0.717, 1.165) is 71.3 Å². The Bertz CT molecular complexity index is 1200. The van der Waals surface area contributed by atoms with Crippen LogP contribution in [-0.2, 0) is 5.41 Å². The van der Waals surface area contributed by atoms with Crippen molar-refractivity contribution in [3.63, 3.8) is 0 Å². The number of fused-ring (bicyclic) bond motifs is 1. The predicted octanol–water partition coefficient (Wildman–Crippen LogP) is 4.66. The van der Waals surface area contributed by atoms with Crippen LogP contribution in [0.2, 0.25) is 0 Å². The van der Waals surface area contributed by atoms with Crippen LogP contribution in [0.15, 0.2) is 36.7 Å². The SMILES string of the molecule is Cc1cc2c(N3CCC(C)(c4nc(-c5ccc(F)cc5)c(C)[nH]4)CC3)ncnc2[nH]1. The van der Waals surface area contributed by atoms with E-state index in [1.54, 1.807) is 18.5 Å². The van der Waals surface area contributed by atoms with E-state index in [-0.39, 0.29) is 11.2 Å². The summed E-state index contributed by atoms with van der Waals surface area (Å²) in [5.41, 5.74) is 4.78. The van der Waals surface area contributed by atoms with Gasteiger partial charge >= 0.3 is 0 Å². The van der Waals surface area contributed by atoms with E-state index in [1.807, 2.05) is 13.8 Å². The molecule has 1 aliphatic heterocycles. The van der Waals surface area contributed by atoms with Crippen LogP contribution < -0.4 is 4.90 Å². The highest BCUT2D eigenvalue weighted by Gasteiger charge is 2.35. The predicted molar refractivity (Wildman–Crippen MR) is 116 cm³/mol. The molecule has 0 bridgehead atoms. The molecule has 0 radical (unpaired) electrons. The summed E-state index contributed by atoms with van der Waals surface area (Å²) in [5.74, 6) is 1.77. The minimum Gasteiger partial charge on any atom is -0.356 e. The van der Waals surface area contributed by atoms with Crippen LogP contribution in [0.1, 0.15) is 37.0 Å². The molecule has 0 aliphatic carbocycles. The second-order valence-corrected chi connectivity index (χ2v) is 8.53. The molecule has 1 saturated heterocycles. The number of hydrogen-bond donors (Lipinski definition) is 2. The average molecular weight is 404 g/mol. The smallest absolute Gasteiger partial charge is 0.143 e. The van der Waals surface area contributed by atoms with Gasteiger partial charge in [-0.2, -0.15) is 0 Å². The van der Waals surface area contributed by atoms with Gasteiger partial charge < -0.3 is 14.9 Å². The van der Waals surface area contributed by atoms with Crippen LogP contribution in [0.4, 0.5) is 10.2 Å². The Labute approximate surface area is 174 Å². The first-order chi connectivity index (χ1) is 14.4. The number of aromatic amines is 2. The second-order valence-electron chi connectivity index (χ2n) is 8.53. The molecule has 0 saturated carbocycles. The van der Waals surface area contributed by atoms with Gasteiger partial charge in [-0.25, -0.2) is 19.3 Å². The molecule has 30 heavy (non-hydrogen) atoms. The van der Waals surface area contributed by atoms with Gasteiger partial charge in [0.15, 0.2) is 0 Å². The maximum Gasteiger partial charge on any atom is 0.143 e. The molecule has 1 fully saturated rings. The van der Waals surface area contributed by atoms with Gasteiger partial charge in [-0.3, -0.25) is 0 Å². The average Bonchev–Trinajstić information content (AvgIpc) is 3.31. The van der Waals surface area contributed by atoms with E-state index < -0.39 is 0 Å². The van der Waals surface area contributed by atoms with E-state index in [4.69, 9.17) is 4.98 Å². The lowest BCUT2D eigenvalue weighted by Crippen LogP contribution is -2.42. The van der Waals surface area contributed by atoms with Crippen LogP contribution in [-0.4, -0.2) is 38.0 Å². The Hall–Kier alpha value is -3.22. The molecule has 0 amide bonds. The summed E-state index contributed by atoms with van der Waals surface area (Å²) in [7, 11) is 0. The number of aromatic nitrogens is 5.